The van der Waals surface area contributed by atoms with Gasteiger partial charge in [-0.2, -0.15) is 4.31 Å². The zero-order valence-electron chi connectivity index (χ0n) is 16.6. The van der Waals surface area contributed by atoms with Crippen molar-refractivity contribution in [1.82, 2.24) is 9.29 Å². The molecule has 1 unspecified atom stereocenters. The van der Waals surface area contributed by atoms with Crippen LogP contribution in [0.4, 0.5) is 5.13 Å². The minimum Gasteiger partial charge on any atom is -0.495 e. The van der Waals surface area contributed by atoms with Crippen molar-refractivity contribution in [3.8, 4) is 17.0 Å². The number of hydrogen-bond acceptors (Lipinski definition) is 6. The molecule has 7 nitrogen and oxygen atoms in total. The topological polar surface area (TPSA) is 88.6 Å². The van der Waals surface area contributed by atoms with Gasteiger partial charge in [-0.15, -0.1) is 11.3 Å². The van der Waals surface area contributed by atoms with Gasteiger partial charge >= 0.3 is 0 Å². The Morgan fingerprint density at radius 1 is 1.26 bits per heavy atom. The van der Waals surface area contributed by atoms with Crippen molar-refractivity contribution in [3.63, 3.8) is 0 Å². The van der Waals surface area contributed by atoms with Crippen LogP contribution in [0.1, 0.15) is 12.8 Å². The SMILES string of the molecule is COc1ccc(-c2csc(NC(=O)C3CCCN3S(=O)(=O)c3ccccc3)n2)cc1Cl. The maximum absolute atomic E-state index is 13.0. The standard InChI is InChI=1S/C21H20ClN3O4S2/c1-29-19-10-9-14(12-16(19)22)17-13-30-21(23-17)24-20(26)18-8-5-11-25(18)31(27,28)15-6-3-2-4-7-15/h2-4,6-7,9-10,12-13,18H,5,8,11H2,1H3,(H,23,24,26). The number of amides is 1. The Morgan fingerprint density at radius 2 is 2.03 bits per heavy atom. The second kappa shape index (κ2) is 8.96. The van der Waals surface area contributed by atoms with E-state index in [9.17, 15) is 13.2 Å². The largest absolute Gasteiger partial charge is 0.495 e. The van der Waals surface area contributed by atoms with E-state index in [-0.39, 0.29) is 10.8 Å². The van der Waals surface area contributed by atoms with Crippen LogP contribution < -0.4 is 10.1 Å². The number of sulfonamides is 1. The molecule has 0 radical (unpaired) electrons. The van der Waals surface area contributed by atoms with E-state index < -0.39 is 16.1 Å². The van der Waals surface area contributed by atoms with Gasteiger partial charge in [0.2, 0.25) is 15.9 Å². The summed E-state index contributed by atoms with van der Waals surface area (Å²) in [5.41, 5.74) is 1.45. The van der Waals surface area contributed by atoms with E-state index in [1.165, 1.54) is 27.8 Å². The predicted octanol–water partition coefficient (Wildman–Crippen LogP) is 4.26. The highest BCUT2D eigenvalue weighted by Gasteiger charge is 2.39. The third-order valence-electron chi connectivity index (χ3n) is 5.04. The van der Waals surface area contributed by atoms with E-state index in [1.807, 2.05) is 6.07 Å². The number of methoxy groups -OCH3 is 1. The van der Waals surface area contributed by atoms with Crippen LogP contribution in [-0.4, -0.2) is 43.3 Å². The van der Waals surface area contributed by atoms with Crippen LogP contribution in [0.2, 0.25) is 5.02 Å². The van der Waals surface area contributed by atoms with Crippen LogP contribution >= 0.6 is 22.9 Å². The zero-order chi connectivity index (χ0) is 22.0. The molecule has 4 rings (SSSR count). The highest BCUT2D eigenvalue weighted by atomic mass is 35.5. The van der Waals surface area contributed by atoms with Gasteiger partial charge in [-0.3, -0.25) is 4.79 Å². The summed E-state index contributed by atoms with van der Waals surface area (Å²) in [5.74, 6) is 0.181. The molecule has 2 heterocycles. The molecule has 2 aromatic carbocycles. The number of hydrogen-bond donors (Lipinski definition) is 1. The van der Waals surface area contributed by atoms with Crippen LogP contribution in [0, 0.1) is 0 Å². The molecule has 1 N–H and O–H groups in total. The highest BCUT2D eigenvalue weighted by Crippen LogP contribution is 2.32. The first-order chi connectivity index (χ1) is 14.9. The van der Waals surface area contributed by atoms with Gasteiger partial charge in [-0.05, 0) is 43.2 Å². The van der Waals surface area contributed by atoms with Crippen LogP contribution in [0.3, 0.4) is 0 Å². The van der Waals surface area contributed by atoms with E-state index in [0.717, 1.165) is 5.56 Å². The lowest BCUT2D eigenvalue weighted by Crippen LogP contribution is -2.43. The molecule has 10 heteroatoms. The molecule has 0 spiro atoms. The van der Waals surface area contributed by atoms with Crippen LogP contribution in [0.5, 0.6) is 5.75 Å². The number of ether oxygens (including phenoxy) is 1. The molecule has 162 valence electrons. The molecule has 1 aromatic heterocycles. The summed E-state index contributed by atoms with van der Waals surface area (Å²) in [5, 5.41) is 5.44. The summed E-state index contributed by atoms with van der Waals surface area (Å²) < 4.78 is 32.4. The van der Waals surface area contributed by atoms with E-state index in [2.05, 4.69) is 10.3 Å². The van der Waals surface area contributed by atoms with Crippen LogP contribution in [0.25, 0.3) is 11.3 Å². The average molecular weight is 478 g/mol. The van der Waals surface area contributed by atoms with Crippen molar-refractivity contribution in [2.45, 2.75) is 23.8 Å². The number of thiazole rings is 1. The summed E-state index contributed by atoms with van der Waals surface area (Å²) in [6, 6.07) is 12.7. The van der Waals surface area contributed by atoms with Gasteiger partial charge in [0.1, 0.15) is 11.8 Å². The Labute approximate surface area is 189 Å². The number of halogens is 1. The lowest BCUT2D eigenvalue weighted by Gasteiger charge is -2.23. The van der Waals surface area contributed by atoms with Gasteiger partial charge in [0, 0.05) is 17.5 Å². The molecule has 0 aliphatic carbocycles. The molecule has 1 aliphatic rings. The normalized spacial score (nSPS) is 16.9. The first-order valence-electron chi connectivity index (χ1n) is 9.57. The second-order valence-corrected chi connectivity index (χ2v) is 10.1. The van der Waals surface area contributed by atoms with Gasteiger partial charge in [-0.25, -0.2) is 13.4 Å². The van der Waals surface area contributed by atoms with E-state index in [4.69, 9.17) is 16.3 Å². The van der Waals surface area contributed by atoms with E-state index in [1.54, 1.807) is 42.8 Å². The molecule has 1 aliphatic heterocycles. The van der Waals surface area contributed by atoms with Crippen molar-refractivity contribution in [3.05, 3.63) is 58.9 Å². The highest BCUT2D eigenvalue weighted by molar-refractivity contribution is 7.89. The molecule has 0 bridgehead atoms. The lowest BCUT2D eigenvalue weighted by molar-refractivity contribution is -0.119. The maximum atomic E-state index is 13.0. The molecule has 3 aromatic rings. The average Bonchev–Trinajstić information content (AvgIpc) is 3.44. The molecule has 1 saturated heterocycles. The fourth-order valence-corrected chi connectivity index (χ4v) is 6.15. The predicted molar refractivity (Wildman–Crippen MR) is 121 cm³/mol. The van der Waals surface area contributed by atoms with Gasteiger partial charge in [0.25, 0.3) is 0 Å². The summed E-state index contributed by atoms with van der Waals surface area (Å²) in [4.78, 5) is 17.5. The summed E-state index contributed by atoms with van der Waals surface area (Å²) in [6.45, 7) is 0.308. The number of nitrogens with one attached hydrogen (secondary N) is 1. The van der Waals surface area contributed by atoms with Crippen molar-refractivity contribution in [2.24, 2.45) is 0 Å². The third kappa shape index (κ3) is 4.45. The lowest BCUT2D eigenvalue weighted by atomic mass is 10.2. The molecule has 0 saturated carbocycles. The minimum absolute atomic E-state index is 0.183. The quantitative estimate of drug-likeness (QED) is 0.573. The first kappa shape index (κ1) is 21.8. The van der Waals surface area contributed by atoms with Crippen LogP contribution in [0.15, 0.2) is 58.8 Å². The van der Waals surface area contributed by atoms with Gasteiger partial charge in [0.15, 0.2) is 5.13 Å². The summed E-state index contributed by atoms with van der Waals surface area (Å²) in [6.07, 6.45) is 1.09. The molecular weight excluding hydrogens is 458 g/mol. The Balaban J connectivity index is 1.50. The zero-order valence-corrected chi connectivity index (χ0v) is 19.0. The second-order valence-electron chi connectivity index (χ2n) is 6.96. The van der Waals surface area contributed by atoms with Crippen molar-refractivity contribution in [2.75, 3.05) is 19.0 Å². The first-order valence-corrected chi connectivity index (χ1v) is 12.3. The van der Waals surface area contributed by atoms with Crippen molar-refractivity contribution in [1.29, 1.82) is 0 Å². The van der Waals surface area contributed by atoms with Crippen LogP contribution in [-0.2, 0) is 14.8 Å². The van der Waals surface area contributed by atoms with Crippen molar-refractivity contribution >= 4 is 44.0 Å². The molecular formula is C21H20ClN3O4S2. The van der Waals surface area contributed by atoms with E-state index in [0.29, 0.717) is 41.0 Å². The Kier molecular flexibility index (Phi) is 6.29. The molecule has 31 heavy (non-hydrogen) atoms. The number of aromatic nitrogens is 1. The van der Waals surface area contributed by atoms with Gasteiger partial charge in [0.05, 0.1) is 22.7 Å². The maximum Gasteiger partial charge on any atom is 0.244 e. The monoisotopic (exact) mass is 477 g/mol. The fraction of sp³-hybridized carbons (Fsp3) is 0.238. The number of nitrogens with zero attached hydrogens (tertiary/aromatic N) is 2. The van der Waals surface area contributed by atoms with Crippen molar-refractivity contribution < 1.29 is 17.9 Å². The number of rotatable bonds is 6. The minimum atomic E-state index is -3.75. The number of anilines is 1. The number of benzene rings is 2. The Hall–Kier alpha value is -2.46. The summed E-state index contributed by atoms with van der Waals surface area (Å²) >= 11 is 7.45. The van der Waals surface area contributed by atoms with Gasteiger partial charge in [-0.1, -0.05) is 29.8 Å². The molecule has 1 amide bonds. The third-order valence-corrected chi connectivity index (χ3v) is 8.01. The Bertz CT molecular complexity index is 1200. The number of carbonyl (C=O) groups is 1. The number of carbonyl (C=O) groups excluding carboxylic acids is 1. The smallest absolute Gasteiger partial charge is 0.244 e. The Morgan fingerprint density at radius 3 is 2.74 bits per heavy atom. The fourth-order valence-electron chi connectivity index (χ4n) is 3.50. The summed E-state index contributed by atoms with van der Waals surface area (Å²) in [7, 11) is -2.20. The molecule has 1 atom stereocenters. The van der Waals surface area contributed by atoms with E-state index >= 15 is 0 Å². The van der Waals surface area contributed by atoms with Gasteiger partial charge < -0.3 is 10.1 Å². The molecule has 1 fully saturated rings.